The Bertz CT molecular complexity index is 2150. The Morgan fingerprint density at radius 3 is 2.50 bits per heavy atom. The Kier molecular flexibility index (Phi) is 9.64. The zero-order valence-corrected chi connectivity index (χ0v) is 33.3. The molecule has 0 radical (unpaired) electrons. The number of fused-ring (bicyclic) bond motifs is 4. The van der Waals surface area contributed by atoms with E-state index < -0.39 is 29.1 Å². The van der Waals surface area contributed by atoms with E-state index in [9.17, 15) is 28.7 Å². The number of rotatable bonds is 5. The molecule has 16 heteroatoms. The normalized spacial score (nSPS) is 26.6. The minimum absolute atomic E-state index is 0.0489. The number of halogens is 1. The van der Waals surface area contributed by atoms with Gasteiger partial charge in [0.15, 0.2) is 17.4 Å². The minimum Gasteiger partial charge on any atom is -0.504 e. The second kappa shape index (κ2) is 14.7. The van der Waals surface area contributed by atoms with E-state index in [0.717, 1.165) is 62.5 Å². The van der Waals surface area contributed by atoms with Crippen LogP contribution in [0.1, 0.15) is 62.4 Å². The molecule has 4 fully saturated rings. The third-order valence-electron chi connectivity index (χ3n) is 13.2. The quantitative estimate of drug-likeness (QED) is 0.325. The second-order valence-electron chi connectivity index (χ2n) is 17.3. The fraction of sp³-hybridized carbons (Fsp3) is 0.524. The predicted molar refractivity (Wildman–Crippen MR) is 215 cm³/mol. The number of aromatic nitrogens is 2. The molecule has 6 aliphatic heterocycles. The molecule has 6 aliphatic rings. The summed E-state index contributed by atoms with van der Waals surface area (Å²) in [5, 5.41) is 24.8. The molecule has 0 saturated carbocycles. The van der Waals surface area contributed by atoms with Crippen LogP contribution in [0.15, 0.2) is 42.5 Å². The summed E-state index contributed by atoms with van der Waals surface area (Å²) in [6.45, 7) is 13.5. The number of carbonyl (C=O) groups excluding carboxylic acids is 4. The summed E-state index contributed by atoms with van der Waals surface area (Å²) in [7, 11) is 0. The number of urea groups is 1. The number of nitrogens with one attached hydrogen (secondary N) is 2. The molecule has 4 saturated heterocycles. The van der Waals surface area contributed by atoms with Gasteiger partial charge >= 0.3 is 6.03 Å². The smallest absolute Gasteiger partial charge is 0.320 e. The van der Waals surface area contributed by atoms with E-state index in [2.05, 4.69) is 67.3 Å². The maximum atomic E-state index is 14.3. The highest BCUT2D eigenvalue weighted by Crippen LogP contribution is 2.41. The summed E-state index contributed by atoms with van der Waals surface area (Å²) >= 11 is 0. The molecule has 0 spiro atoms. The van der Waals surface area contributed by atoms with Crippen LogP contribution < -0.4 is 20.4 Å². The Morgan fingerprint density at radius 1 is 0.966 bits per heavy atom. The van der Waals surface area contributed by atoms with E-state index in [-0.39, 0.29) is 41.9 Å². The average molecular weight is 795 g/mol. The summed E-state index contributed by atoms with van der Waals surface area (Å²) in [5.74, 6) is -0.847. The number of hydrogen-bond acceptors (Lipinski definition) is 11. The Balaban J connectivity index is 0.783. The molecule has 9 rings (SSSR count). The molecule has 2 unspecified atom stereocenters. The van der Waals surface area contributed by atoms with Crippen molar-refractivity contribution in [1.82, 2.24) is 35.1 Å². The van der Waals surface area contributed by atoms with Crippen LogP contribution in [0.3, 0.4) is 0 Å². The molecule has 0 aliphatic carbocycles. The SMILES string of the molecule is C[C@@H]1CN(CC2CCN(c3ccc4c(c3)C(=O)N(C3CCC(=O)NC3=O)C4)CC2)C[C@@H](C)N1C(=O)N1CCN2c3cc(-c4cccc(F)c4O)nnc3NCC2(C)C1. The number of hydrogen-bond donors (Lipinski definition) is 3. The van der Waals surface area contributed by atoms with Gasteiger partial charge in [0, 0.05) is 101 Å². The molecule has 3 N–H and O–H groups in total. The lowest BCUT2D eigenvalue weighted by atomic mass is 9.92. The lowest BCUT2D eigenvalue weighted by Gasteiger charge is -2.54. The molecule has 0 bridgehead atoms. The summed E-state index contributed by atoms with van der Waals surface area (Å²) in [5.41, 5.74) is 3.64. The lowest BCUT2D eigenvalue weighted by Crippen LogP contribution is -2.69. The summed E-state index contributed by atoms with van der Waals surface area (Å²) < 4.78 is 14.2. The van der Waals surface area contributed by atoms with Crippen molar-refractivity contribution in [1.29, 1.82) is 0 Å². The number of phenolic OH excluding ortho intramolecular Hbond substituents is 1. The van der Waals surface area contributed by atoms with Crippen molar-refractivity contribution < 1.29 is 28.7 Å². The van der Waals surface area contributed by atoms with Crippen LogP contribution in [0.4, 0.5) is 26.4 Å². The highest BCUT2D eigenvalue weighted by atomic mass is 19.1. The van der Waals surface area contributed by atoms with E-state index in [1.54, 1.807) is 11.0 Å². The third-order valence-corrected chi connectivity index (χ3v) is 13.2. The number of anilines is 3. The van der Waals surface area contributed by atoms with E-state index in [1.807, 2.05) is 23.1 Å². The fourth-order valence-corrected chi connectivity index (χ4v) is 10.2. The van der Waals surface area contributed by atoms with Gasteiger partial charge in [-0.05, 0) is 81.8 Å². The lowest BCUT2D eigenvalue weighted by molar-refractivity contribution is -0.136. The molecule has 2 aromatic carbocycles. The van der Waals surface area contributed by atoms with Gasteiger partial charge < -0.3 is 34.9 Å². The molecular formula is C42H51FN10O5. The zero-order valence-electron chi connectivity index (χ0n) is 33.3. The number of carbonyl (C=O) groups is 4. The molecule has 3 aromatic rings. The summed E-state index contributed by atoms with van der Waals surface area (Å²) in [6.07, 6.45) is 2.66. The number of imide groups is 1. The first kappa shape index (κ1) is 38.0. The monoisotopic (exact) mass is 794 g/mol. The van der Waals surface area contributed by atoms with E-state index in [4.69, 9.17) is 0 Å². The average Bonchev–Trinajstić information content (AvgIpc) is 3.53. The Labute approximate surface area is 337 Å². The van der Waals surface area contributed by atoms with E-state index in [1.165, 1.54) is 12.1 Å². The van der Waals surface area contributed by atoms with Crippen LogP contribution in [0.25, 0.3) is 11.3 Å². The van der Waals surface area contributed by atoms with E-state index >= 15 is 0 Å². The first-order valence-corrected chi connectivity index (χ1v) is 20.6. The van der Waals surface area contributed by atoms with Gasteiger partial charge in [0.25, 0.3) is 5.91 Å². The summed E-state index contributed by atoms with van der Waals surface area (Å²) in [6, 6.07) is 11.8. The number of amides is 5. The van der Waals surface area contributed by atoms with E-state index in [0.29, 0.717) is 62.1 Å². The zero-order chi connectivity index (χ0) is 40.5. The molecule has 15 nitrogen and oxygen atoms in total. The van der Waals surface area contributed by atoms with Gasteiger partial charge in [0.1, 0.15) is 6.04 Å². The molecule has 7 heterocycles. The number of para-hydroxylation sites is 1. The van der Waals surface area contributed by atoms with Gasteiger partial charge in [-0.2, -0.15) is 0 Å². The predicted octanol–water partition coefficient (Wildman–Crippen LogP) is 3.49. The van der Waals surface area contributed by atoms with Gasteiger partial charge in [-0.1, -0.05) is 12.1 Å². The van der Waals surface area contributed by atoms with Crippen LogP contribution in [0.2, 0.25) is 0 Å². The van der Waals surface area contributed by atoms with Gasteiger partial charge in [-0.25, -0.2) is 9.18 Å². The number of aromatic hydroxyl groups is 1. The van der Waals surface area contributed by atoms with Crippen molar-refractivity contribution in [3.63, 3.8) is 0 Å². The maximum absolute atomic E-state index is 14.3. The van der Waals surface area contributed by atoms with Crippen LogP contribution in [-0.4, -0.2) is 141 Å². The second-order valence-corrected chi connectivity index (χ2v) is 17.3. The van der Waals surface area contributed by atoms with Crippen LogP contribution in [-0.2, 0) is 16.1 Å². The van der Waals surface area contributed by atoms with Crippen molar-refractivity contribution in [2.75, 3.05) is 74.0 Å². The number of benzene rings is 2. The van der Waals surface area contributed by atoms with Crippen LogP contribution in [0, 0.1) is 11.7 Å². The molecule has 58 heavy (non-hydrogen) atoms. The highest BCUT2D eigenvalue weighted by Gasteiger charge is 2.46. The first-order chi connectivity index (χ1) is 27.9. The maximum Gasteiger partial charge on any atom is 0.320 e. The van der Waals surface area contributed by atoms with Gasteiger partial charge in [0.2, 0.25) is 11.8 Å². The molecule has 1 aromatic heterocycles. The fourth-order valence-electron chi connectivity index (χ4n) is 10.2. The van der Waals surface area contributed by atoms with Crippen LogP contribution in [0.5, 0.6) is 5.75 Å². The van der Waals surface area contributed by atoms with Crippen LogP contribution >= 0.6 is 0 Å². The topological polar surface area (TPSA) is 158 Å². The molecule has 306 valence electrons. The van der Waals surface area contributed by atoms with Crippen molar-refractivity contribution >= 4 is 40.9 Å². The largest absolute Gasteiger partial charge is 0.504 e. The van der Waals surface area contributed by atoms with Crippen molar-refractivity contribution in [2.45, 2.75) is 76.7 Å². The number of piperazine rings is 2. The van der Waals surface area contributed by atoms with Crippen molar-refractivity contribution in [3.05, 3.63) is 59.4 Å². The Morgan fingerprint density at radius 2 is 1.74 bits per heavy atom. The highest BCUT2D eigenvalue weighted by molar-refractivity contribution is 6.05. The van der Waals surface area contributed by atoms with Crippen molar-refractivity contribution in [2.24, 2.45) is 5.92 Å². The molecule has 5 amide bonds. The first-order valence-electron chi connectivity index (χ1n) is 20.6. The Hall–Kier alpha value is -5.51. The third kappa shape index (κ3) is 6.74. The van der Waals surface area contributed by atoms with Gasteiger partial charge in [-0.15, -0.1) is 10.2 Å². The minimum atomic E-state index is -0.714. The number of phenols is 1. The van der Waals surface area contributed by atoms with Crippen molar-refractivity contribution in [3.8, 4) is 17.0 Å². The van der Waals surface area contributed by atoms with Gasteiger partial charge in [-0.3, -0.25) is 24.6 Å². The standard InChI is InChI=1S/C42H51FN10O5/c1-25-19-48(21-27-11-13-49(14-12-27)29-8-7-28-22-51(40(57)31(28)17-29)34-9-10-36(54)45-39(34)56)20-26(2)53(25)41(58)50-15-16-52-35-18-33(30-5-4-6-32(43)37(30)55)46-47-38(35)44-23-42(52,3)24-50/h4-8,17-18,25-27,34,55H,9-16,19-24H2,1-3H3,(H,44,47)(H,45,54,56)/t25-,26-,34?,42?/m1/s1. The number of piperidine rings is 2. The van der Waals surface area contributed by atoms with Gasteiger partial charge in [0.05, 0.1) is 16.9 Å². The number of nitrogens with zero attached hydrogens (tertiary/aromatic N) is 8. The molecule has 4 atom stereocenters. The molecular weight excluding hydrogens is 744 g/mol. The summed E-state index contributed by atoms with van der Waals surface area (Å²) in [4.78, 5) is 64.6.